The summed E-state index contributed by atoms with van der Waals surface area (Å²) in [6.45, 7) is 5.28. The summed E-state index contributed by atoms with van der Waals surface area (Å²) in [5, 5.41) is 11.0. The topological polar surface area (TPSA) is 75.2 Å². The van der Waals surface area contributed by atoms with Crippen LogP contribution in [0.2, 0.25) is 0 Å². The highest BCUT2D eigenvalue weighted by Gasteiger charge is 2.15. The van der Waals surface area contributed by atoms with Crippen molar-refractivity contribution in [3.8, 4) is 0 Å². The molecule has 0 bridgehead atoms. The third kappa shape index (κ3) is 6.62. The van der Waals surface area contributed by atoms with Crippen LogP contribution in [0.5, 0.6) is 0 Å². The zero-order valence-corrected chi connectivity index (χ0v) is 17.3. The molecule has 0 fully saturated rings. The Morgan fingerprint density at radius 1 is 1.08 bits per heavy atom. The Hall–Kier alpha value is -1.58. The molecule has 0 aliphatic carbocycles. The van der Waals surface area contributed by atoms with Gasteiger partial charge < -0.3 is 10.2 Å². The van der Waals surface area contributed by atoms with Crippen LogP contribution in [0.1, 0.15) is 20.3 Å². The summed E-state index contributed by atoms with van der Waals surface area (Å²) in [5.41, 5.74) is 0.896. The van der Waals surface area contributed by atoms with E-state index in [1.807, 2.05) is 44.2 Å². The number of rotatable bonds is 10. The van der Waals surface area contributed by atoms with Gasteiger partial charge >= 0.3 is 0 Å². The summed E-state index contributed by atoms with van der Waals surface area (Å²) < 4.78 is 1.47. The third-order valence-electron chi connectivity index (χ3n) is 3.29. The van der Waals surface area contributed by atoms with E-state index in [1.165, 1.54) is 34.9 Å². The van der Waals surface area contributed by atoms with E-state index in [4.69, 9.17) is 0 Å². The number of hydrogen-bond donors (Lipinski definition) is 1. The molecular formula is C17H22N4O2S3. The molecule has 2 aromatic rings. The van der Waals surface area contributed by atoms with Crippen LogP contribution in [0, 0.1) is 0 Å². The van der Waals surface area contributed by atoms with Gasteiger partial charge in [-0.25, -0.2) is 0 Å². The zero-order valence-electron chi connectivity index (χ0n) is 14.8. The molecule has 0 atom stereocenters. The molecule has 2 amide bonds. The monoisotopic (exact) mass is 410 g/mol. The molecule has 9 heteroatoms. The SMILES string of the molecule is CCCNC(=O)CSc1nnc(SCC(=O)N(CC)c2ccccc2)s1. The average Bonchev–Trinajstić information content (AvgIpc) is 3.12. The van der Waals surface area contributed by atoms with E-state index in [0.717, 1.165) is 20.8 Å². The molecule has 1 aromatic heterocycles. The summed E-state index contributed by atoms with van der Waals surface area (Å²) in [7, 11) is 0. The number of hydrogen-bond acceptors (Lipinski definition) is 7. The Morgan fingerprint density at radius 2 is 1.73 bits per heavy atom. The molecule has 0 unspecified atom stereocenters. The van der Waals surface area contributed by atoms with Crippen LogP contribution >= 0.6 is 34.9 Å². The number of nitrogens with one attached hydrogen (secondary N) is 1. The van der Waals surface area contributed by atoms with Gasteiger partial charge in [-0.2, -0.15) is 0 Å². The third-order valence-corrected chi connectivity index (χ3v) is 6.47. The molecule has 1 aromatic carbocycles. The zero-order chi connectivity index (χ0) is 18.8. The Morgan fingerprint density at radius 3 is 2.35 bits per heavy atom. The number of para-hydroxylation sites is 1. The van der Waals surface area contributed by atoms with Gasteiger partial charge in [0.2, 0.25) is 11.8 Å². The fourth-order valence-corrected chi connectivity index (χ4v) is 4.79. The summed E-state index contributed by atoms with van der Waals surface area (Å²) >= 11 is 4.15. The first-order valence-corrected chi connectivity index (χ1v) is 11.1. The van der Waals surface area contributed by atoms with Gasteiger partial charge in [0.25, 0.3) is 0 Å². The molecule has 2 rings (SSSR count). The predicted octanol–water partition coefficient (Wildman–Crippen LogP) is 3.30. The Bertz CT molecular complexity index is 709. The minimum Gasteiger partial charge on any atom is -0.355 e. The second kappa shape index (κ2) is 11.2. The highest BCUT2D eigenvalue weighted by molar-refractivity contribution is 8.03. The van der Waals surface area contributed by atoms with Crippen molar-refractivity contribution in [2.45, 2.75) is 28.9 Å². The smallest absolute Gasteiger partial charge is 0.237 e. The van der Waals surface area contributed by atoms with Crippen LogP contribution in [-0.2, 0) is 9.59 Å². The largest absolute Gasteiger partial charge is 0.355 e. The minimum atomic E-state index is -0.00196. The maximum atomic E-state index is 12.5. The summed E-state index contributed by atoms with van der Waals surface area (Å²) in [5.74, 6) is 0.666. The van der Waals surface area contributed by atoms with E-state index in [0.29, 0.717) is 24.6 Å². The molecule has 6 nitrogen and oxygen atoms in total. The predicted molar refractivity (Wildman–Crippen MR) is 109 cm³/mol. The fourth-order valence-electron chi connectivity index (χ4n) is 2.07. The van der Waals surface area contributed by atoms with Gasteiger partial charge in [-0.15, -0.1) is 10.2 Å². The lowest BCUT2D eigenvalue weighted by atomic mass is 10.3. The molecule has 26 heavy (non-hydrogen) atoms. The summed E-state index contributed by atoms with van der Waals surface area (Å²) in [6, 6.07) is 9.62. The lowest BCUT2D eigenvalue weighted by Crippen LogP contribution is -2.32. The number of nitrogens with zero attached hydrogens (tertiary/aromatic N) is 3. The second-order valence-electron chi connectivity index (χ2n) is 5.23. The first-order chi connectivity index (χ1) is 12.6. The van der Waals surface area contributed by atoms with Crippen LogP contribution in [0.25, 0.3) is 0 Å². The van der Waals surface area contributed by atoms with Gasteiger partial charge in [-0.05, 0) is 25.5 Å². The second-order valence-corrected chi connectivity index (χ2v) is 8.66. The van der Waals surface area contributed by atoms with E-state index in [1.54, 1.807) is 4.90 Å². The number of aromatic nitrogens is 2. The van der Waals surface area contributed by atoms with Gasteiger partial charge in [0, 0.05) is 18.8 Å². The Kier molecular flexibility index (Phi) is 8.93. The molecule has 0 saturated carbocycles. The van der Waals surface area contributed by atoms with Crippen molar-refractivity contribution in [3.05, 3.63) is 30.3 Å². The van der Waals surface area contributed by atoms with E-state index < -0.39 is 0 Å². The Balaban J connectivity index is 1.81. The van der Waals surface area contributed by atoms with Crippen LogP contribution in [0.15, 0.2) is 39.0 Å². The van der Waals surface area contributed by atoms with Crippen LogP contribution in [-0.4, -0.2) is 46.6 Å². The molecule has 1 N–H and O–H groups in total. The molecule has 0 aliphatic rings. The van der Waals surface area contributed by atoms with Crippen LogP contribution in [0.3, 0.4) is 0 Å². The maximum absolute atomic E-state index is 12.5. The average molecular weight is 411 g/mol. The standard InChI is InChI=1S/C17H22N4O2S3/c1-3-10-18-14(22)11-24-16-19-20-17(26-16)25-12-15(23)21(4-2)13-8-6-5-7-9-13/h5-9H,3-4,10-12H2,1-2H3,(H,18,22). The molecule has 0 spiro atoms. The molecule has 1 heterocycles. The van der Waals surface area contributed by atoms with E-state index in [-0.39, 0.29) is 11.8 Å². The maximum Gasteiger partial charge on any atom is 0.237 e. The minimum absolute atomic E-state index is 0.00196. The molecule has 0 aliphatic heterocycles. The van der Waals surface area contributed by atoms with Crippen molar-refractivity contribution in [2.24, 2.45) is 0 Å². The lowest BCUT2D eigenvalue weighted by molar-refractivity contribution is -0.118. The normalized spacial score (nSPS) is 10.5. The number of benzene rings is 1. The lowest BCUT2D eigenvalue weighted by Gasteiger charge is -2.20. The number of carbonyl (C=O) groups is 2. The number of carbonyl (C=O) groups excluding carboxylic acids is 2. The van der Waals surface area contributed by atoms with Crippen molar-refractivity contribution < 1.29 is 9.59 Å². The van der Waals surface area contributed by atoms with E-state index in [2.05, 4.69) is 15.5 Å². The fraction of sp³-hybridized carbons (Fsp3) is 0.412. The summed E-state index contributed by atoms with van der Waals surface area (Å²) in [6.07, 6.45) is 0.918. The van der Waals surface area contributed by atoms with Crippen LogP contribution in [0.4, 0.5) is 5.69 Å². The highest BCUT2D eigenvalue weighted by Crippen LogP contribution is 2.29. The van der Waals surface area contributed by atoms with Crippen molar-refractivity contribution >= 4 is 52.4 Å². The Labute approximate surface area is 166 Å². The first-order valence-electron chi connectivity index (χ1n) is 8.35. The molecule has 140 valence electrons. The van der Waals surface area contributed by atoms with Gasteiger partial charge in [-0.3, -0.25) is 9.59 Å². The highest BCUT2D eigenvalue weighted by atomic mass is 32.2. The van der Waals surface area contributed by atoms with Crippen molar-refractivity contribution in [1.82, 2.24) is 15.5 Å². The molecular weight excluding hydrogens is 388 g/mol. The summed E-state index contributed by atoms with van der Waals surface area (Å²) in [4.78, 5) is 25.8. The van der Waals surface area contributed by atoms with Gasteiger partial charge in [-0.1, -0.05) is 60.0 Å². The number of amides is 2. The molecule has 0 saturated heterocycles. The van der Waals surface area contributed by atoms with Gasteiger partial charge in [0.1, 0.15) is 0 Å². The van der Waals surface area contributed by atoms with Crippen molar-refractivity contribution in [2.75, 3.05) is 29.5 Å². The van der Waals surface area contributed by atoms with Gasteiger partial charge in [0.05, 0.1) is 11.5 Å². The number of thioether (sulfide) groups is 2. The quantitative estimate of drug-likeness (QED) is 0.606. The van der Waals surface area contributed by atoms with Crippen LogP contribution < -0.4 is 10.2 Å². The van der Waals surface area contributed by atoms with Crippen molar-refractivity contribution in [3.63, 3.8) is 0 Å². The van der Waals surface area contributed by atoms with E-state index >= 15 is 0 Å². The first kappa shape index (κ1) is 20.7. The van der Waals surface area contributed by atoms with Gasteiger partial charge in [0.15, 0.2) is 8.68 Å². The number of anilines is 1. The van der Waals surface area contributed by atoms with E-state index in [9.17, 15) is 9.59 Å². The van der Waals surface area contributed by atoms with Crippen molar-refractivity contribution in [1.29, 1.82) is 0 Å². The molecule has 0 radical (unpaired) electrons.